The molecule has 0 bridgehead atoms. The summed E-state index contributed by atoms with van der Waals surface area (Å²) >= 11 is 0. The average molecular weight is 310 g/mol. The fraction of sp³-hybridized carbons (Fsp3) is 0.368. The van der Waals surface area contributed by atoms with Gasteiger partial charge >= 0.3 is 0 Å². The molecule has 4 nitrogen and oxygen atoms in total. The number of aryl methyl sites for hydroxylation is 1. The van der Waals surface area contributed by atoms with Crippen LogP contribution in [0, 0.1) is 5.92 Å². The van der Waals surface area contributed by atoms with Gasteiger partial charge in [-0.05, 0) is 30.0 Å². The number of carbonyl (C=O) groups is 1. The molecule has 1 saturated heterocycles. The van der Waals surface area contributed by atoms with Gasteiger partial charge in [0.2, 0.25) is 0 Å². The van der Waals surface area contributed by atoms with Crippen LogP contribution in [0.4, 0.5) is 0 Å². The number of benzene rings is 1. The van der Waals surface area contributed by atoms with Gasteiger partial charge in [-0.3, -0.25) is 9.78 Å². The zero-order valence-electron chi connectivity index (χ0n) is 13.4. The Bertz CT molecular complexity index is 657. The minimum absolute atomic E-state index is 0.0250. The maximum absolute atomic E-state index is 12.4. The highest BCUT2D eigenvalue weighted by Crippen LogP contribution is 2.33. The zero-order valence-corrected chi connectivity index (χ0v) is 13.4. The van der Waals surface area contributed by atoms with Crippen LogP contribution in [0.1, 0.15) is 40.9 Å². The van der Waals surface area contributed by atoms with E-state index in [0.717, 1.165) is 30.6 Å². The number of pyridine rings is 1. The molecule has 0 saturated carbocycles. The van der Waals surface area contributed by atoms with Gasteiger partial charge in [-0.1, -0.05) is 37.3 Å². The molecule has 0 radical (unpaired) electrons. The van der Waals surface area contributed by atoms with Crippen LogP contribution in [-0.2, 0) is 11.2 Å². The van der Waals surface area contributed by atoms with Crippen LogP contribution in [0.25, 0.3) is 0 Å². The fourth-order valence-electron chi connectivity index (χ4n) is 3.10. The minimum atomic E-state index is -0.0250. The molecule has 3 rings (SSSR count). The van der Waals surface area contributed by atoms with E-state index >= 15 is 0 Å². The lowest BCUT2D eigenvalue weighted by Gasteiger charge is -2.19. The summed E-state index contributed by atoms with van der Waals surface area (Å²) in [4.78, 5) is 16.5. The number of nitrogens with one attached hydrogen (secondary N) is 1. The van der Waals surface area contributed by atoms with Gasteiger partial charge in [0.05, 0.1) is 6.10 Å². The van der Waals surface area contributed by atoms with Gasteiger partial charge in [-0.25, -0.2) is 0 Å². The van der Waals surface area contributed by atoms with Crippen molar-refractivity contribution in [2.45, 2.75) is 25.9 Å². The predicted molar refractivity (Wildman–Crippen MR) is 89.2 cm³/mol. The Hall–Kier alpha value is -2.20. The average Bonchev–Trinajstić information content (AvgIpc) is 3.09. The first kappa shape index (κ1) is 15.7. The second-order valence-corrected chi connectivity index (χ2v) is 5.85. The Morgan fingerprint density at radius 2 is 2.13 bits per heavy atom. The van der Waals surface area contributed by atoms with E-state index in [9.17, 15) is 4.79 Å². The van der Waals surface area contributed by atoms with E-state index in [1.54, 1.807) is 18.5 Å². The highest BCUT2D eigenvalue weighted by atomic mass is 16.5. The number of ether oxygens (including phenoxy) is 1. The van der Waals surface area contributed by atoms with E-state index in [2.05, 4.69) is 22.4 Å². The van der Waals surface area contributed by atoms with Crippen molar-refractivity contribution < 1.29 is 9.53 Å². The predicted octanol–water partition coefficient (Wildman–Crippen LogP) is 3.15. The number of rotatable bonds is 5. The SMILES string of the molecule is CCc1cnccc1C(=O)NC[C@H]1CCO[C@@H]1c1ccccc1. The van der Waals surface area contributed by atoms with Crippen molar-refractivity contribution in [1.29, 1.82) is 0 Å². The summed E-state index contributed by atoms with van der Waals surface area (Å²) in [5, 5.41) is 3.07. The molecule has 1 aliphatic rings. The standard InChI is InChI=1S/C19H22N2O2/c1-2-14-12-20-10-8-17(14)19(22)21-13-16-9-11-23-18(16)15-6-4-3-5-7-15/h3-8,10,12,16,18H,2,9,11,13H2,1H3,(H,21,22)/t16-,18-/m1/s1. The molecule has 1 N–H and O–H groups in total. The van der Waals surface area contributed by atoms with Crippen molar-refractivity contribution in [2.24, 2.45) is 5.92 Å². The van der Waals surface area contributed by atoms with Crippen LogP contribution >= 0.6 is 0 Å². The number of amides is 1. The maximum atomic E-state index is 12.4. The molecule has 0 spiro atoms. The number of carbonyl (C=O) groups excluding carboxylic acids is 1. The van der Waals surface area contributed by atoms with Crippen LogP contribution in [0.2, 0.25) is 0 Å². The van der Waals surface area contributed by atoms with Crippen molar-refractivity contribution in [3.63, 3.8) is 0 Å². The molecule has 1 aliphatic heterocycles. The Balaban J connectivity index is 1.64. The van der Waals surface area contributed by atoms with Gasteiger partial charge < -0.3 is 10.1 Å². The van der Waals surface area contributed by atoms with Crippen LogP contribution in [0.5, 0.6) is 0 Å². The summed E-state index contributed by atoms with van der Waals surface area (Å²) in [5.74, 6) is 0.288. The van der Waals surface area contributed by atoms with Crippen LogP contribution in [-0.4, -0.2) is 24.0 Å². The Morgan fingerprint density at radius 3 is 2.91 bits per heavy atom. The summed E-state index contributed by atoms with van der Waals surface area (Å²) in [6.45, 7) is 3.41. The second-order valence-electron chi connectivity index (χ2n) is 5.85. The van der Waals surface area contributed by atoms with E-state index in [-0.39, 0.29) is 12.0 Å². The Kier molecular flexibility index (Phi) is 5.03. The number of aromatic nitrogens is 1. The van der Waals surface area contributed by atoms with Gasteiger partial charge in [0.15, 0.2) is 0 Å². The first-order valence-corrected chi connectivity index (χ1v) is 8.17. The van der Waals surface area contributed by atoms with E-state index in [1.807, 2.05) is 25.1 Å². The topological polar surface area (TPSA) is 51.2 Å². The van der Waals surface area contributed by atoms with Crippen molar-refractivity contribution >= 4 is 5.91 Å². The molecule has 120 valence electrons. The Morgan fingerprint density at radius 1 is 1.30 bits per heavy atom. The van der Waals surface area contributed by atoms with E-state index in [0.29, 0.717) is 12.5 Å². The molecule has 1 fully saturated rings. The van der Waals surface area contributed by atoms with E-state index < -0.39 is 0 Å². The molecule has 2 heterocycles. The molecule has 1 aromatic carbocycles. The van der Waals surface area contributed by atoms with Crippen LogP contribution in [0.3, 0.4) is 0 Å². The molecule has 1 amide bonds. The Labute approximate surface area is 136 Å². The quantitative estimate of drug-likeness (QED) is 0.923. The molecule has 2 aromatic rings. The van der Waals surface area contributed by atoms with Crippen LogP contribution in [0.15, 0.2) is 48.8 Å². The smallest absolute Gasteiger partial charge is 0.251 e. The van der Waals surface area contributed by atoms with E-state index in [4.69, 9.17) is 4.74 Å². The largest absolute Gasteiger partial charge is 0.373 e. The van der Waals surface area contributed by atoms with Gasteiger partial charge in [-0.2, -0.15) is 0 Å². The first-order chi connectivity index (χ1) is 11.3. The third-order valence-corrected chi connectivity index (χ3v) is 4.40. The summed E-state index contributed by atoms with van der Waals surface area (Å²) < 4.78 is 5.87. The summed E-state index contributed by atoms with van der Waals surface area (Å²) in [5.41, 5.74) is 2.88. The van der Waals surface area contributed by atoms with Crippen molar-refractivity contribution in [3.05, 3.63) is 65.5 Å². The molecule has 2 atom stereocenters. The van der Waals surface area contributed by atoms with Gasteiger partial charge in [0.1, 0.15) is 0 Å². The molecule has 23 heavy (non-hydrogen) atoms. The monoisotopic (exact) mass is 310 g/mol. The maximum Gasteiger partial charge on any atom is 0.251 e. The second kappa shape index (κ2) is 7.38. The first-order valence-electron chi connectivity index (χ1n) is 8.17. The van der Waals surface area contributed by atoms with Gasteiger partial charge in [-0.15, -0.1) is 0 Å². The van der Waals surface area contributed by atoms with Gasteiger partial charge in [0.25, 0.3) is 5.91 Å². The third-order valence-electron chi connectivity index (χ3n) is 4.40. The molecule has 4 heteroatoms. The number of nitrogens with zero attached hydrogens (tertiary/aromatic N) is 1. The lowest BCUT2D eigenvalue weighted by atomic mass is 9.95. The molecular weight excluding hydrogens is 288 g/mol. The number of hydrogen-bond acceptors (Lipinski definition) is 3. The normalized spacial score (nSPS) is 20.4. The lowest BCUT2D eigenvalue weighted by Crippen LogP contribution is -2.31. The van der Waals surface area contributed by atoms with Crippen molar-refractivity contribution in [1.82, 2.24) is 10.3 Å². The molecule has 1 aromatic heterocycles. The summed E-state index contributed by atoms with van der Waals surface area (Å²) in [7, 11) is 0. The molecule has 0 unspecified atom stereocenters. The zero-order chi connectivity index (χ0) is 16.1. The fourth-order valence-corrected chi connectivity index (χ4v) is 3.10. The third kappa shape index (κ3) is 3.59. The molecule has 0 aliphatic carbocycles. The highest BCUT2D eigenvalue weighted by molar-refractivity contribution is 5.95. The summed E-state index contributed by atoms with van der Waals surface area (Å²) in [6, 6.07) is 12.0. The minimum Gasteiger partial charge on any atom is -0.373 e. The van der Waals surface area contributed by atoms with Crippen molar-refractivity contribution in [2.75, 3.05) is 13.2 Å². The highest BCUT2D eigenvalue weighted by Gasteiger charge is 2.29. The van der Waals surface area contributed by atoms with Gasteiger partial charge in [0, 0.05) is 37.0 Å². The summed E-state index contributed by atoms with van der Waals surface area (Å²) in [6.07, 6.45) is 5.27. The molecular formula is C19H22N2O2. The number of hydrogen-bond donors (Lipinski definition) is 1. The lowest BCUT2D eigenvalue weighted by molar-refractivity contribution is 0.0846. The van der Waals surface area contributed by atoms with Crippen LogP contribution < -0.4 is 5.32 Å². The van der Waals surface area contributed by atoms with Crippen molar-refractivity contribution in [3.8, 4) is 0 Å². The van der Waals surface area contributed by atoms with E-state index in [1.165, 1.54) is 5.56 Å².